The molecule has 4 aliphatic carbocycles. The number of ether oxygens (including phenoxy) is 16. The Morgan fingerprint density at radius 1 is 0.580 bits per heavy atom. The van der Waals surface area contributed by atoms with Crippen LogP contribution in [0, 0.1) is 28.6 Å². The third-order valence-electron chi connectivity index (χ3n) is 21.0. The zero-order valence-corrected chi connectivity index (χ0v) is 50.8. The average molecular weight is 1150 g/mol. The normalized spacial score (nSPS) is 49.5. The minimum absolute atomic E-state index is 0.0391. The van der Waals surface area contributed by atoms with Gasteiger partial charge in [0.15, 0.2) is 31.5 Å². The molecule has 0 amide bonds. The van der Waals surface area contributed by atoms with Crippen molar-refractivity contribution < 1.29 is 95.6 Å². The predicted octanol–water partition coefficient (Wildman–Crippen LogP) is 6.79. The lowest BCUT2D eigenvalue weighted by Gasteiger charge is -2.63. The van der Waals surface area contributed by atoms with E-state index in [0.29, 0.717) is 63.4 Å². The summed E-state index contributed by atoms with van der Waals surface area (Å²) in [5, 5.41) is 23.4. The molecule has 9 aliphatic rings. The first kappa shape index (κ1) is 63.4. The van der Waals surface area contributed by atoms with E-state index in [-0.39, 0.29) is 53.4 Å². The Bertz CT molecular complexity index is 2200. The van der Waals surface area contributed by atoms with Gasteiger partial charge in [-0.15, -0.1) is 0 Å². The highest BCUT2D eigenvalue weighted by atomic mass is 16.8. The van der Waals surface area contributed by atoms with Crippen molar-refractivity contribution in [2.75, 3.05) is 35.5 Å². The SMILES string of the molecule is CC=C(C)C(=O)O[C@@H]1CC2C(CC=C3C[C@@H](OC4CC(OC)C(OC5CC(OC)C(OC6CC(OC)C(OC7CC(OC)C(OC8CC(OC)C(O)C(C)O8)C(C)O7)C(C)O6)C(C)O5)C(C)O4)CC[C@@]32C)[C@@]2(O)CC[C@H](C(C)=O)[C@@]12C. The molecule has 5 aliphatic heterocycles. The van der Waals surface area contributed by atoms with Crippen molar-refractivity contribution in [2.45, 2.75) is 287 Å². The van der Waals surface area contributed by atoms with Gasteiger partial charge >= 0.3 is 5.97 Å². The van der Waals surface area contributed by atoms with Crippen molar-refractivity contribution in [3.05, 3.63) is 23.3 Å². The van der Waals surface area contributed by atoms with Crippen molar-refractivity contribution >= 4 is 11.8 Å². The smallest absolute Gasteiger partial charge is 0.333 e. The van der Waals surface area contributed by atoms with Crippen molar-refractivity contribution in [1.82, 2.24) is 0 Å². The number of aliphatic hydroxyl groups is 2. The number of carbonyl (C=O) groups excluding carboxylic acids is 2. The Labute approximate surface area is 480 Å². The third-order valence-corrected chi connectivity index (χ3v) is 21.0. The molecule has 0 bridgehead atoms. The zero-order valence-electron chi connectivity index (χ0n) is 50.8. The zero-order chi connectivity index (χ0) is 58.5. The van der Waals surface area contributed by atoms with E-state index in [9.17, 15) is 19.8 Å². The van der Waals surface area contributed by atoms with E-state index < -0.39 is 128 Å². The van der Waals surface area contributed by atoms with E-state index in [0.717, 1.165) is 19.3 Å². The molecule has 5 heterocycles. The number of Topliss-reactive ketones (excluding diaryl/α,β-unsaturated/α-hetero) is 1. The summed E-state index contributed by atoms with van der Waals surface area (Å²) in [5.74, 6) is -0.746. The quantitative estimate of drug-likeness (QED) is 0.0819. The minimum Gasteiger partial charge on any atom is -0.458 e. The van der Waals surface area contributed by atoms with Crippen LogP contribution < -0.4 is 0 Å². The van der Waals surface area contributed by atoms with E-state index in [1.165, 1.54) is 5.57 Å². The van der Waals surface area contributed by atoms with Crippen LogP contribution in [-0.4, -0.2) is 198 Å². The van der Waals surface area contributed by atoms with Crippen LogP contribution >= 0.6 is 0 Å². The lowest BCUT2D eigenvalue weighted by Crippen LogP contribution is -2.66. The first-order chi connectivity index (χ1) is 38.5. The van der Waals surface area contributed by atoms with E-state index in [1.54, 1.807) is 62.4 Å². The molecular formula is C61H98O20. The highest BCUT2D eigenvalue weighted by molar-refractivity contribution is 5.88. The van der Waals surface area contributed by atoms with Crippen molar-refractivity contribution in [3.8, 4) is 0 Å². The summed E-state index contributed by atoms with van der Waals surface area (Å²) in [7, 11) is 8.22. The van der Waals surface area contributed by atoms with Crippen LogP contribution in [-0.2, 0) is 85.4 Å². The Morgan fingerprint density at radius 2 is 1.00 bits per heavy atom. The molecule has 5 saturated heterocycles. The summed E-state index contributed by atoms with van der Waals surface area (Å²) in [6.07, 6.45) is 0.391. The topological polar surface area (TPSA) is 222 Å². The van der Waals surface area contributed by atoms with Crippen molar-refractivity contribution in [2.24, 2.45) is 28.6 Å². The van der Waals surface area contributed by atoms with Gasteiger partial charge in [0.05, 0.1) is 72.7 Å². The monoisotopic (exact) mass is 1150 g/mol. The summed E-state index contributed by atoms with van der Waals surface area (Å²) >= 11 is 0. The maximum atomic E-state index is 13.4. The van der Waals surface area contributed by atoms with Crippen LogP contribution in [0.2, 0.25) is 0 Å². The first-order valence-electron chi connectivity index (χ1n) is 30.2. The summed E-state index contributed by atoms with van der Waals surface area (Å²) in [6, 6.07) is 0. The third kappa shape index (κ3) is 12.5. The number of rotatable bonds is 18. The molecule has 2 N–H and O–H groups in total. The molecule has 3 saturated carbocycles. The molecule has 462 valence electrons. The van der Waals surface area contributed by atoms with Gasteiger partial charge in [0, 0.05) is 84.6 Å². The summed E-state index contributed by atoms with van der Waals surface area (Å²) in [5.41, 5.74) is -0.462. The lowest BCUT2D eigenvalue weighted by molar-refractivity contribution is -0.352. The highest BCUT2D eigenvalue weighted by Crippen LogP contribution is 2.69. The standard InChI is InChI=1S/C61H98O20/c1-16-30(2)58(64)77-47-24-41-40(61(65)22-20-39(31(3)62)60(47,61)10)18-17-37-23-38(19-21-59(37,41)9)76-48-26-43(67-12)54(33(5)72-48)79-50-28-45(69-14)56(35(7)74-50)81-52-29-46(70-15)57(36(8)75-52)80-51-27-44(68-13)55(34(6)73-51)78-49-25-42(66-11)53(63)32(4)71-49/h16-17,32-36,38-57,63,65H,18-29H2,1-15H3/t32?,33?,34?,35?,36?,38-,39+,40?,41?,42?,43?,44?,45?,46?,47+,48?,49?,50?,51?,52?,53?,54?,55?,56?,57?,59-,60-,61-/m0/s1. The molecule has 81 heavy (non-hydrogen) atoms. The maximum Gasteiger partial charge on any atom is 0.333 e. The fourth-order valence-electron chi connectivity index (χ4n) is 16.1. The second kappa shape index (κ2) is 26.1. The number of ketones is 1. The summed E-state index contributed by atoms with van der Waals surface area (Å²) in [4.78, 5) is 26.6. The van der Waals surface area contributed by atoms with Gasteiger partial charge < -0.3 is 86.0 Å². The molecule has 22 unspecified atom stereocenters. The summed E-state index contributed by atoms with van der Waals surface area (Å²) < 4.78 is 101. The predicted molar refractivity (Wildman–Crippen MR) is 291 cm³/mol. The number of methoxy groups -OCH3 is 5. The van der Waals surface area contributed by atoms with Gasteiger partial charge in [-0.1, -0.05) is 31.6 Å². The minimum atomic E-state index is -1.16. The molecule has 0 aromatic rings. The average Bonchev–Trinajstić information content (AvgIpc) is 2.06. The van der Waals surface area contributed by atoms with Gasteiger partial charge in [-0.3, -0.25) is 4.79 Å². The first-order valence-corrected chi connectivity index (χ1v) is 30.2. The molecule has 9 rings (SSSR count). The molecule has 20 heteroatoms. The molecule has 8 fully saturated rings. The van der Waals surface area contributed by atoms with Gasteiger partial charge in [-0.2, -0.15) is 0 Å². The number of aliphatic hydroxyl groups excluding tert-OH is 1. The Kier molecular flexibility index (Phi) is 20.4. The second-order valence-electron chi connectivity index (χ2n) is 25.4. The van der Waals surface area contributed by atoms with Gasteiger partial charge in [-0.05, 0) is 118 Å². The number of fused-ring (bicyclic) bond motifs is 5. The van der Waals surface area contributed by atoms with Gasteiger partial charge in [0.1, 0.15) is 42.4 Å². The van der Waals surface area contributed by atoms with Gasteiger partial charge in [0.2, 0.25) is 0 Å². The van der Waals surface area contributed by atoms with Gasteiger partial charge in [-0.25, -0.2) is 4.79 Å². The number of esters is 1. The molecule has 28 atom stereocenters. The molecule has 0 aromatic heterocycles. The van der Waals surface area contributed by atoms with Crippen molar-refractivity contribution in [1.29, 1.82) is 0 Å². The van der Waals surface area contributed by atoms with Crippen LogP contribution in [0.3, 0.4) is 0 Å². The number of allylic oxidation sites excluding steroid dienone is 2. The van der Waals surface area contributed by atoms with Gasteiger partial charge in [0.25, 0.3) is 0 Å². The molecule has 0 aromatic carbocycles. The highest BCUT2D eigenvalue weighted by Gasteiger charge is 2.71. The van der Waals surface area contributed by atoms with Crippen molar-refractivity contribution in [3.63, 3.8) is 0 Å². The largest absolute Gasteiger partial charge is 0.458 e. The summed E-state index contributed by atoms with van der Waals surface area (Å²) in [6.45, 7) is 19.1. The fourth-order valence-corrected chi connectivity index (χ4v) is 16.1. The van der Waals surface area contributed by atoms with Crippen LogP contribution in [0.25, 0.3) is 0 Å². The number of hydrogen-bond donors (Lipinski definition) is 2. The van der Waals surface area contributed by atoms with Crippen LogP contribution in [0.5, 0.6) is 0 Å². The van der Waals surface area contributed by atoms with Crippen LogP contribution in [0.15, 0.2) is 23.3 Å². The fraction of sp³-hybridized carbons (Fsp3) is 0.902. The maximum absolute atomic E-state index is 13.4. The molecule has 0 radical (unpaired) electrons. The Morgan fingerprint density at radius 3 is 1.42 bits per heavy atom. The molecule has 0 spiro atoms. The van der Waals surface area contributed by atoms with E-state index in [1.807, 2.05) is 41.5 Å². The number of carbonyl (C=O) groups is 2. The van der Waals surface area contributed by atoms with Crippen LogP contribution in [0.1, 0.15) is 146 Å². The second-order valence-corrected chi connectivity index (χ2v) is 25.4. The molecular weight excluding hydrogens is 1050 g/mol. The lowest BCUT2D eigenvalue weighted by atomic mass is 9.45. The number of hydrogen-bond acceptors (Lipinski definition) is 20. The van der Waals surface area contributed by atoms with E-state index in [2.05, 4.69) is 13.0 Å². The van der Waals surface area contributed by atoms with Crippen LogP contribution in [0.4, 0.5) is 0 Å². The van der Waals surface area contributed by atoms with E-state index in [4.69, 9.17) is 75.8 Å². The Balaban J connectivity index is 0.763. The van der Waals surface area contributed by atoms with E-state index >= 15 is 0 Å². The molecule has 20 nitrogen and oxygen atoms in total. The Hall–Kier alpha value is -2.06.